The molecule has 0 saturated heterocycles. The SMILES string of the molecule is CC(C)Oc1ccc(C(=O)N[C@H](CNC(=O)CN(C)C)Cc2ccc(-c3cn(C)c(C(C)CO)n3)cc2)cc1Cl. The maximum absolute atomic E-state index is 13.1. The van der Waals surface area contributed by atoms with E-state index in [2.05, 4.69) is 10.6 Å². The van der Waals surface area contributed by atoms with Gasteiger partial charge >= 0.3 is 0 Å². The maximum atomic E-state index is 13.1. The van der Waals surface area contributed by atoms with Gasteiger partial charge in [-0.15, -0.1) is 0 Å². The Balaban J connectivity index is 1.75. The van der Waals surface area contributed by atoms with Crippen LogP contribution >= 0.6 is 11.6 Å². The molecule has 9 nitrogen and oxygen atoms in total. The van der Waals surface area contributed by atoms with Gasteiger partial charge in [-0.3, -0.25) is 9.59 Å². The molecule has 0 spiro atoms. The van der Waals surface area contributed by atoms with Crippen LogP contribution in [0.15, 0.2) is 48.7 Å². The third-order valence-corrected chi connectivity index (χ3v) is 6.55. The normalized spacial score (nSPS) is 12.8. The molecule has 3 rings (SSSR count). The molecule has 1 heterocycles. The predicted octanol–water partition coefficient (Wildman–Crippen LogP) is 3.64. The highest BCUT2D eigenvalue weighted by atomic mass is 35.5. The summed E-state index contributed by atoms with van der Waals surface area (Å²) < 4.78 is 7.60. The van der Waals surface area contributed by atoms with Gasteiger partial charge in [-0.2, -0.15) is 0 Å². The average molecular weight is 570 g/mol. The minimum Gasteiger partial charge on any atom is -0.489 e. The van der Waals surface area contributed by atoms with Crippen molar-refractivity contribution in [2.24, 2.45) is 7.05 Å². The monoisotopic (exact) mass is 569 g/mol. The Morgan fingerprint density at radius 1 is 1.12 bits per heavy atom. The number of amides is 2. The van der Waals surface area contributed by atoms with Crippen molar-refractivity contribution in [3.63, 3.8) is 0 Å². The molecule has 0 aliphatic heterocycles. The highest BCUT2D eigenvalue weighted by Gasteiger charge is 2.18. The summed E-state index contributed by atoms with van der Waals surface area (Å²) in [6, 6.07) is 12.6. The number of aliphatic hydroxyl groups is 1. The largest absolute Gasteiger partial charge is 0.489 e. The molecule has 2 atom stereocenters. The molecule has 0 bridgehead atoms. The molecule has 2 aromatic carbocycles. The predicted molar refractivity (Wildman–Crippen MR) is 158 cm³/mol. The van der Waals surface area contributed by atoms with E-state index in [0.717, 1.165) is 22.6 Å². The second-order valence-electron chi connectivity index (χ2n) is 10.6. The summed E-state index contributed by atoms with van der Waals surface area (Å²) in [5, 5.41) is 15.8. The third-order valence-electron chi connectivity index (χ3n) is 6.26. The first-order valence-electron chi connectivity index (χ1n) is 13.4. The first-order chi connectivity index (χ1) is 19.0. The van der Waals surface area contributed by atoms with E-state index in [4.69, 9.17) is 21.3 Å². The van der Waals surface area contributed by atoms with Gasteiger partial charge in [0.2, 0.25) is 5.91 Å². The zero-order valence-corrected chi connectivity index (χ0v) is 24.8. The summed E-state index contributed by atoms with van der Waals surface area (Å²) in [6.07, 6.45) is 2.41. The van der Waals surface area contributed by atoms with E-state index in [1.165, 1.54) is 0 Å². The summed E-state index contributed by atoms with van der Waals surface area (Å²) in [7, 11) is 5.57. The number of aliphatic hydroxyl groups excluding tert-OH is 1. The fourth-order valence-corrected chi connectivity index (χ4v) is 4.50. The molecule has 3 N–H and O–H groups in total. The number of benzene rings is 2. The van der Waals surface area contributed by atoms with Gasteiger partial charge in [-0.25, -0.2) is 4.98 Å². The van der Waals surface area contributed by atoms with Gasteiger partial charge in [-0.05, 0) is 58.1 Å². The summed E-state index contributed by atoms with van der Waals surface area (Å²) in [4.78, 5) is 31.9. The van der Waals surface area contributed by atoms with E-state index in [9.17, 15) is 14.7 Å². The number of likely N-dealkylation sites (N-methyl/N-ethyl adjacent to an activating group) is 1. The first-order valence-corrected chi connectivity index (χ1v) is 13.8. The molecule has 0 radical (unpaired) electrons. The van der Waals surface area contributed by atoms with Crippen LogP contribution in [0.25, 0.3) is 11.3 Å². The van der Waals surface area contributed by atoms with Crippen LogP contribution < -0.4 is 15.4 Å². The van der Waals surface area contributed by atoms with Gasteiger partial charge in [0.1, 0.15) is 11.6 Å². The van der Waals surface area contributed by atoms with Gasteiger partial charge in [0, 0.05) is 36.8 Å². The molecule has 216 valence electrons. The van der Waals surface area contributed by atoms with E-state index >= 15 is 0 Å². The fraction of sp³-hybridized carbons (Fsp3) is 0.433. The van der Waals surface area contributed by atoms with Gasteiger partial charge in [-0.1, -0.05) is 42.8 Å². The van der Waals surface area contributed by atoms with Gasteiger partial charge in [0.25, 0.3) is 5.91 Å². The lowest BCUT2D eigenvalue weighted by atomic mass is 10.0. The Bertz CT molecular complexity index is 1290. The molecule has 2 amide bonds. The maximum Gasteiger partial charge on any atom is 0.251 e. The van der Waals surface area contributed by atoms with E-state index in [1.807, 2.05) is 76.9 Å². The summed E-state index contributed by atoms with van der Waals surface area (Å²) in [5.41, 5.74) is 3.18. The lowest BCUT2D eigenvalue weighted by molar-refractivity contribution is -0.121. The second-order valence-corrected chi connectivity index (χ2v) is 11.0. The van der Waals surface area contributed by atoms with Crippen LogP contribution in [-0.2, 0) is 18.3 Å². The molecule has 1 unspecified atom stereocenters. The van der Waals surface area contributed by atoms with Crippen LogP contribution in [0.3, 0.4) is 0 Å². The van der Waals surface area contributed by atoms with Gasteiger partial charge < -0.3 is 29.9 Å². The zero-order valence-electron chi connectivity index (χ0n) is 24.1. The zero-order chi connectivity index (χ0) is 29.4. The standard InChI is InChI=1S/C30H40ClN5O4/c1-19(2)40-27-12-11-23(14-25(27)31)30(39)33-24(15-32-28(38)17-35(4)5)13-21-7-9-22(10-8-21)26-16-36(6)29(34-26)20(3)18-37/h7-12,14,16,19-20,24,37H,13,15,17-18H2,1-6H3,(H,32,38)(H,33,39)/t20?,24-/m0/s1. The van der Waals surface area contributed by atoms with Crippen LogP contribution in [0, 0.1) is 0 Å². The van der Waals surface area contributed by atoms with Crippen molar-refractivity contribution in [3.05, 3.63) is 70.6 Å². The summed E-state index contributed by atoms with van der Waals surface area (Å²) >= 11 is 6.35. The van der Waals surface area contributed by atoms with Crippen molar-refractivity contribution in [1.29, 1.82) is 0 Å². The number of aromatic nitrogens is 2. The van der Waals surface area contributed by atoms with Crippen LogP contribution in [-0.4, -0.2) is 77.3 Å². The molecule has 0 aliphatic carbocycles. The molecular formula is C30H40ClN5O4. The Morgan fingerprint density at radius 3 is 2.42 bits per heavy atom. The molecule has 10 heteroatoms. The van der Waals surface area contributed by atoms with E-state index < -0.39 is 0 Å². The van der Waals surface area contributed by atoms with Crippen molar-refractivity contribution in [3.8, 4) is 17.0 Å². The fourth-order valence-electron chi connectivity index (χ4n) is 4.27. The second kappa shape index (κ2) is 14.3. The summed E-state index contributed by atoms with van der Waals surface area (Å²) in [6.45, 7) is 6.30. The Hall–Kier alpha value is -3.40. The van der Waals surface area contributed by atoms with Crippen molar-refractivity contribution >= 4 is 23.4 Å². The van der Waals surface area contributed by atoms with Crippen LogP contribution in [0.4, 0.5) is 0 Å². The van der Waals surface area contributed by atoms with E-state index in [-0.39, 0.29) is 49.6 Å². The number of aryl methyl sites for hydroxylation is 1. The highest BCUT2D eigenvalue weighted by molar-refractivity contribution is 6.32. The van der Waals surface area contributed by atoms with Crippen LogP contribution in [0.5, 0.6) is 5.75 Å². The number of rotatable bonds is 13. The molecule has 0 fully saturated rings. The first kappa shape index (κ1) is 31.1. The quantitative estimate of drug-likeness (QED) is 0.290. The summed E-state index contributed by atoms with van der Waals surface area (Å²) in [5.74, 6) is 0.869. The van der Waals surface area contributed by atoms with Crippen molar-refractivity contribution in [1.82, 2.24) is 25.1 Å². The van der Waals surface area contributed by atoms with Crippen molar-refractivity contribution in [2.45, 2.75) is 45.3 Å². The third kappa shape index (κ3) is 8.81. The lowest BCUT2D eigenvalue weighted by Gasteiger charge is -2.21. The number of imidazole rings is 1. The number of carbonyl (C=O) groups is 2. The van der Waals surface area contributed by atoms with Crippen molar-refractivity contribution in [2.75, 3.05) is 33.8 Å². The minimum absolute atomic E-state index is 0.0312. The van der Waals surface area contributed by atoms with E-state index in [0.29, 0.717) is 22.8 Å². The number of hydrogen-bond acceptors (Lipinski definition) is 6. The molecule has 1 aromatic heterocycles. The molecule has 0 aliphatic rings. The molecule has 3 aromatic rings. The van der Waals surface area contributed by atoms with E-state index in [1.54, 1.807) is 23.1 Å². The van der Waals surface area contributed by atoms with Gasteiger partial charge in [0.15, 0.2) is 0 Å². The smallest absolute Gasteiger partial charge is 0.251 e. The number of hydrogen-bond donors (Lipinski definition) is 3. The topological polar surface area (TPSA) is 109 Å². The number of carbonyl (C=O) groups excluding carboxylic acids is 2. The Morgan fingerprint density at radius 2 is 1.82 bits per heavy atom. The number of halogens is 1. The van der Waals surface area contributed by atoms with Crippen molar-refractivity contribution < 1.29 is 19.4 Å². The van der Waals surface area contributed by atoms with Crippen LogP contribution in [0.1, 0.15) is 48.4 Å². The highest BCUT2D eigenvalue weighted by Crippen LogP contribution is 2.27. The number of nitrogens with one attached hydrogen (secondary N) is 2. The minimum atomic E-state index is -0.360. The molecular weight excluding hydrogens is 530 g/mol. The Labute approximate surface area is 241 Å². The number of nitrogens with zero attached hydrogens (tertiary/aromatic N) is 3. The Kier molecular flexibility index (Phi) is 11.1. The van der Waals surface area contributed by atoms with Crippen LogP contribution in [0.2, 0.25) is 5.02 Å². The molecule has 0 saturated carbocycles. The lowest BCUT2D eigenvalue weighted by Crippen LogP contribution is -2.46. The van der Waals surface area contributed by atoms with Gasteiger partial charge in [0.05, 0.1) is 36.0 Å². The average Bonchev–Trinajstić information content (AvgIpc) is 3.29. The number of ether oxygens (including phenoxy) is 1. The molecule has 40 heavy (non-hydrogen) atoms.